The van der Waals surface area contributed by atoms with Gasteiger partial charge in [0, 0.05) is 30.7 Å². The molecule has 2 amide bonds. The number of thiazole rings is 1. The van der Waals surface area contributed by atoms with Crippen LogP contribution >= 0.6 is 23.1 Å². The van der Waals surface area contributed by atoms with Gasteiger partial charge in [0.1, 0.15) is 0 Å². The van der Waals surface area contributed by atoms with Crippen LogP contribution in [0, 0.1) is 0 Å². The number of amides is 2. The molecule has 1 aliphatic rings. The number of nitrogens with one attached hydrogen (secondary N) is 1. The molecule has 0 saturated heterocycles. The van der Waals surface area contributed by atoms with Gasteiger partial charge in [-0.3, -0.25) is 14.6 Å². The van der Waals surface area contributed by atoms with Crippen molar-refractivity contribution in [1.29, 1.82) is 0 Å². The van der Waals surface area contributed by atoms with E-state index in [1.807, 2.05) is 14.0 Å². The average molecular weight is 342 g/mol. The van der Waals surface area contributed by atoms with Crippen LogP contribution in [0.1, 0.15) is 31.6 Å². The molecule has 7 heteroatoms. The second kappa shape index (κ2) is 7.46. The van der Waals surface area contributed by atoms with Crippen molar-refractivity contribution in [2.45, 2.75) is 43.9 Å². The Balaban J connectivity index is 1.77. The van der Waals surface area contributed by atoms with E-state index >= 15 is 0 Å². The van der Waals surface area contributed by atoms with E-state index in [0.29, 0.717) is 13.0 Å². The highest BCUT2D eigenvalue weighted by molar-refractivity contribution is 8.01. The number of carbonyl (C=O) groups excluding carboxylic acids is 2. The zero-order valence-corrected chi connectivity index (χ0v) is 14.9. The highest BCUT2D eigenvalue weighted by Gasteiger charge is 2.51. The summed E-state index contributed by atoms with van der Waals surface area (Å²) in [6.45, 7) is 4.56. The number of carbonyl (C=O) groups is 2. The first-order chi connectivity index (χ1) is 10.5. The van der Waals surface area contributed by atoms with Crippen molar-refractivity contribution in [3.05, 3.63) is 16.6 Å². The minimum atomic E-state index is -0.185. The lowest BCUT2D eigenvalue weighted by molar-refractivity contribution is -0.131. The Kier molecular flexibility index (Phi) is 5.86. The lowest BCUT2D eigenvalue weighted by Gasteiger charge is -2.26. The molecule has 1 aliphatic carbocycles. The number of likely N-dealkylation sites (N-methyl/N-ethyl adjacent to an activating group) is 1. The van der Waals surface area contributed by atoms with Gasteiger partial charge in [0.25, 0.3) is 0 Å². The summed E-state index contributed by atoms with van der Waals surface area (Å²) in [6.07, 6.45) is 4.01. The first kappa shape index (κ1) is 17.3. The van der Waals surface area contributed by atoms with Gasteiger partial charge in [-0.25, -0.2) is 0 Å². The summed E-state index contributed by atoms with van der Waals surface area (Å²) in [7, 11) is 1.82. The molecule has 1 aromatic heterocycles. The molecular weight excluding hydrogens is 318 g/mol. The van der Waals surface area contributed by atoms with Gasteiger partial charge in [0.15, 0.2) is 0 Å². The summed E-state index contributed by atoms with van der Waals surface area (Å²) < 4.78 is -0.185. The quantitative estimate of drug-likeness (QED) is 0.785. The zero-order valence-electron chi connectivity index (χ0n) is 13.3. The predicted molar refractivity (Wildman–Crippen MR) is 91.2 cm³/mol. The fourth-order valence-corrected chi connectivity index (χ4v) is 4.33. The number of aromatic nitrogens is 1. The molecular formula is C15H23N3O2S2. The van der Waals surface area contributed by atoms with Gasteiger partial charge in [-0.1, -0.05) is 6.92 Å². The molecule has 0 aliphatic heterocycles. The summed E-state index contributed by atoms with van der Waals surface area (Å²) in [5.74, 6) is 1.13. The van der Waals surface area contributed by atoms with Crippen LogP contribution in [0.2, 0.25) is 0 Å². The fraction of sp³-hybridized carbons (Fsp3) is 0.667. The van der Waals surface area contributed by atoms with Crippen molar-refractivity contribution in [2.24, 2.45) is 0 Å². The van der Waals surface area contributed by atoms with Gasteiger partial charge in [-0.05, 0) is 25.5 Å². The van der Waals surface area contributed by atoms with Gasteiger partial charge < -0.3 is 10.2 Å². The van der Waals surface area contributed by atoms with Gasteiger partial charge in [-0.15, -0.1) is 23.1 Å². The predicted octanol–water partition coefficient (Wildman–Crippen LogP) is 1.93. The molecule has 0 radical (unpaired) electrons. The Bertz CT molecular complexity index is 515. The highest BCUT2D eigenvalue weighted by atomic mass is 32.2. The van der Waals surface area contributed by atoms with Gasteiger partial charge in [-0.2, -0.15) is 0 Å². The van der Waals surface area contributed by atoms with Crippen molar-refractivity contribution in [2.75, 3.05) is 19.3 Å². The largest absolute Gasteiger partial charge is 0.352 e. The molecule has 122 valence electrons. The summed E-state index contributed by atoms with van der Waals surface area (Å²) in [4.78, 5) is 31.1. The molecule has 1 heterocycles. The van der Waals surface area contributed by atoms with Gasteiger partial charge in [0.2, 0.25) is 11.8 Å². The van der Waals surface area contributed by atoms with Crippen molar-refractivity contribution < 1.29 is 9.59 Å². The lowest BCUT2D eigenvalue weighted by Crippen LogP contribution is -2.46. The van der Waals surface area contributed by atoms with E-state index in [4.69, 9.17) is 0 Å². The van der Waals surface area contributed by atoms with E-state index in [-0.39, 0.29) is 22.6 Å². The van der Waals surface area contributed by atoms with Crippen molar-refractivity contribution in [3.63, 3.8) is 0 Å². The number of nitrogens with zero attached hydrogens (tertiary/aromatic N) is 2. The lowest BCUT2D eigenvalue weighted by atomic mass is 10.2. The topological polar surface area (TPSA) is 62.3 Å². The highest BCUT2D eigenvalue weighted by Crippen LogP contribution is 2.49. The van der Waals surface area contributed by atoms with E-state index in [1.165, 1.54) is 11.3 Å². The minimum absolute atomic E-state index is 0.0262. The summed E-state index contributed by atoms with van der Waals surface area (Å²) in [5, 5.41) is 2.95. The molecule has 0 aromatic carbocycles. The summed E-state index contributed by atoms with van der Waals surface area (Å²) in [5.41, 5.74) is 1.72. The Morgan fingerprint density at radius 1 is 1.55 bits per heavy atom. The van der Waals surface area contributed by atoms with Crippen LogP contribution in [0.4, 0.5) is 0 Å². The summed E-state index contributed by atoms with van der Waals surface area (Å²) >= 11 is 3.22. The Hall–Kier alpha value is -1.08. The molecule has 1 aromatic rings. The van der Waals surface area contributed by atoms with E-state index in [2.05, 4.69) is 17.2 Å². The van der Waals surface area contributed by atoms with Gasteiger partial charge >= 0.3 is 0 Å². The third kappa shape index (κ3) is 4.46. The molecule has 2 rings (SSSR count). The van der Waals surface area contributed by atoms with E-state index in [0.717, 1.165) is 23.5 Å². The second-order valence-corrected chi connectivity index (χ2v) is 8.34. The van der Waals surface area contributed by atoms with Crippen LogP contribution in [-0.2, 0) is 16.0 Å². The molecule has 22 heavy (non-hydrogen) atoms. The maximum atomic E-state index is 12.5. The summed E-state index contributed by atoms with van der Waals surface area (Å²) in [6, 6.07) is -0.0585. The number of hydrogen-bond acceptors (Lipinski definition) is 5. The smallest absolute Gasteiger partial charge is 0.238 e. The average Bonchev–Trinajstić information content (AvgIpc) is 3.05. The molecule has 1 saturated carbocycles. The van der Waals surface area contributed by atoms with Crippen molar-refractivity contribution >= 4 is 34.9 Å². The maximum absolute atomic E-state index is 12.5. The molecule has 5 nitrogen and oxygen atoms in total. The Labute approximate surface area is 139 Å². The maximum Gasteiger partial charge on any atom is 0.238 e. The minimum Gasteiger partial charge on any atom is -0.352 e. The van der Waals surface area contributed by atoms with Crippen LogP contribution in [0.3, 0.4) is 0 Å². The molecule has 1 unspecified atom stereocenters. The van der Waals surface area contributed by atoms with Crippen molar-refractivity contribution in [3.8, 4) is 0 Å². The Morgan fingerprint density at radius 2 is 2.27 bits per heavy atom. The number of hydrogen-bond donors (Lipinski definition) is 1. The molecule has 1 N–H and O–H groups in total. The molecule has 0 bridgehead atoms. The third-order valence-corrected chi connectivity index (χ3v) is 5.84. The standard InChI is InChI=1S/C15H23N3O2S2/c1-4-22-15(5-6-15)14(20)18(3)9-11(2)17-13(19)7-12-8-16-10-21-12/h8,10-11H,4-7,9H2,1-3H3,(H,17,19). The first-order valence-electron chi connectivity index (χ1n) is 7.53. The van der Waals surface area contributed by atoms with Crippen LogP contribution in [0.25, 0.3) is 0 Å². The van der Waals surface area contributed by atoms with Crippen LogP contribution in [-0.4, -0.2) is 51.8 Å². The van der Waals surface area contributed by atoms with E-state index < -0.39 is 0 Å². The third-order valence-electron chi connectivity index (χ3n) is 3.63. The van der Waals surface area contributed by atoms with Crippen LogP contribution in [0.5, 0.6) is 0 Å². The molecule has 0 spiro atoms. The van der Waals surface area contributed by atoms with E-state index in [1.54, 1.807) is 28.4 Å². The first-order valence-corrected chi connectivity index (χ1v) is 9.39. The van der Waals surface area contributed by atoms with Crippen molar-refractivity contribution in [1.82, 2.24) is 15.2 Å². The number of thioether (sulfide) groups is 1. The SMILES string of the molecule is CCSC1(C(=O)N(C)CC(C)NC(=O)Cc2cncs2)CC1. The number of rotatable bonds is 8. The zero-order chi connectivity index (χ0) is 16.2. The molecule has 1 atom stereocenters. The van der Waals surface area contributed by atoms with Gasteiger partial charge in [0.05, 0.1) is 16.7 Å². The normalized spacial score (nSPS) is 16.9. The van der Waals surface area contributed by atoms with Crippen LogP contribution < -0.4 is 5.32 Å². The second-order valence-electron chi connectivity index (χ2n) is 5.73. The monoisotopic (exact) mass is 341 g/mol. The molecule has 1 fully saturated rings. The van der Waals surface area contributed by atoms with Crippen LogP contribution in [0.15, 0.2) is 11.7 Å². The Morgan fingerprint density at radius 3 is 2.82 bits per heavy atom. The fourth-order valence-electron chi connectivity index (χ4n) is 2.51. The van der Waals surface area contributed by atoms with E-state index in [9.17, 15) is 9.59 Å².